The zero-order chi connectivity index (χ0) is 20.2. The number of hydrogen-bond donors (Lipinski definition) is 1. The number of benzene rings is 2. The predicted molar refractivity (Wildman–Crippen MR) is 110 cm³/mol. The van der Waals surface area contributed by atoms with Crippen LogP contribution in [0.1, 0.15) is 12.3 Å². The third-order valence-electron chi connectivity index (χ3n) is 4.91. The van der Waals surface area contributed by atoms with E-state index >= 15 is 0 Å². The van der Waals surface area contributed by atoms with Crippen LogP contribution in [0.4, 0.5) is 10.1 Å². The molecular formula is C21H22ClFN4O2. The Morgan fingerprint density at radius 3 is 2.83 bits per heavy atom. The molecule has 1 fully saturated rings. The van der Waals surface area contributed by atoms with Gasteiger partial charge in [-0.05, 0) is 49.8 Å². The first-order valence-corrected chi connectivity index (χ1v) is 9.98. The molecule has 1 N–H and O–H groups in total. The summed E-state index contributed by atoms with van der Waals surface area (Å²) in [6.45, 7) is 4.22. The fraction of sp³-hybridized carbons (Fsp3) is 0.333. The molecule has 29 heavy (non-hydrogen) atoms. The van der Waals surface area contributed by atoms with Gasteiger partial charge >= 0.3 is 0 Å². The van der Waals surface area contributed by atoms with Gasteiger partial charge in [-0.1, -0.05) is 17.7 Å². The van der Waals surface area contributed by atoms with E-state index in [4.69, 9.17) is 16.0 Å². The molecule has 152 valence electrons. The highest BCUT2D eigenvalue weighted by atomic mass is 35.5. The van der Waals surface area contributed by atoms with E-state index in [1.807, 2.05) is 12.1 Å². The van der Waals surface area contributed by atoms with E-state index in [2.05, 4.69) is 20.1 Å². The molecule has 1 aromatic heterocycles. The van der Waals surface area contributed by atoms with Gasteiger partial charge in [0.25, 0.3) is 0 Å². The molecule has 1 aliphatic heterocycles. The molecule has 0 radical (unpaired) electrons. The Labute approximate surface area is 173 Å². The van der Waals surface area contributed by atoms with Crippen LogP contribution < -0.4 is 5.32 Å². The number of hydrogen-bond acceptors (Lipinski definition) is 5. The Hall–Kier alpha value is -2.48. The minimum absolute atomic E-state index is 0.0540. The fourth-order valence-corrected chi connectivity index (χ4v) is 3.71. The maximum Gasteiger partial charge on any atom is 0.238 e. The van der Waals surface area contributed by atoms with Crippen LogP contribution in [-0.2, 0) is 11.3 Å². The summed E-state index contributed by atoms with van der Waals surface area (Å²) in [5.74, 6) is 0.195. The number of amides is 1. The Morgan fingerprint density at radius 1 is 1.14 bits per heavy atom. The van der Waals surface area contributed by atoms with Crippen LogP contribution >= 0.6 is 11.6 Å². The van der Waals surface area contributed by atoms with Gasteiger partial charge in [0.1, 0.15) is 11.3 Å². The van der Waals surface area contributed by atoms with Gasteiger partial charge in [0.15, 0.2) is 5.58 Å². The average molecular weight is 417 g/mol. The molecule has 1 aliphatic rings. The molecule has 8 heteroatoms. The van der Waals surface area contributed by atoms with E-state index < -0.39 is 0 Å². The molecule has 2 heterocycles. The fourth-order valence-electron chi connectivity index (χ4n) is 3.52. The molecule has 0 aliphatic carbocycles. The van der Waals surface area contributed by atoms with Crippen molar-refractivity contribution >= 4 is 34.3 Å². The number of anilines is 1. The lowest BCUT2D eigenvalue weighted by Gasteiger charge is -2.20. The number of carbonyl (C=O) groups is 1. The minimum Gasteiger partial charge on any atom is -0.439 e. The van der Waals surface area contributed by atoms with Crippen molar-refractivity contribution < 1.29 is 13.6 Å². The van der Waals surface area contributed by atoms with E-state index in [0.29, 0.717) is 40.8 Å². The molecule has 6 nitrogen and oxygen atoms in total. The monoisotopic (exact) mass is 416 g/mol. The second-order valence-electron chi connectivity index (χ2n) is 7.18. The summed E-state index contributed by atoms with van der Waals surface area (Å²) < 4.78 is 19.0. The third-order valence-corrected chi connectivity index (χ3v) is 5.15. The van der Waals surface area contributed by atoms with Crippen molar-refractivity contribution in [1.82, 2.24) is 14.8 Å². The van der Waals surface area contributed by atoms with Gasteiger partial charge in [0.05, 0.1) is 13.1 Å². The number of fused-ring (bicyclic) bond motifs is 1. The summed E-state index contributed by atoms with van der Waals surface area (Å²) in [5, 5.41) is 3.48. The van der Waals surface area contributed by atoms with Gasteiger partial charge in [-0.25, -0.2) is 9.37 Å². The van der Waals surface area contributed by atoms with Crippen molar-refractivity contribution in [2.75, 3.05) is 38.0 Å². The maximum absolute atomic E-state index is 13.3. The molecule has 0 unspecified atom stereocenters. The first kappa shape index (κ1) is 19.8. The SMILES string of the molecule is O=C(CN1CCCN(Cc2nc3ccc(F)cc3o2)CC1)Nc1cccc(Cl)c1. The summed E-state index contributed by atoms with van der Waals surface area (Å²) >= 11 is 5.96. The van der Waals surface area contributed by atoms with Crippen LogP contribution in [0, 0.1) is 5.82 Å². The van der Waals surface area contributed by atoms with Crippen molar-refractivity contribution in [3.63, 3.8) is 0 Å². The van der Waals surface area contributed by atoms with Crippen molar-refractivity contribution in [2.24, 2.45) is 0 Å². The average Bonchev–Trinajstić information content (AvgIpc) is 2.93. The second-order valence-corrected chi connectivity index (χ2v) is 7.62. The quantitative estimate of drug-likeness (QED) is 0.686. The normalized spacial score (nSPS) is 16.1. The van der Waals surface area contributed by atoms with Crippen LogP contribution in [0.15, 0.2) is 46.9 Å². The van der Waals surface area contributed by atoms with E-state index in [1.54, 1.807) is 18.2 Å². The summed E-state index contributed by atoms with van der Waals surface area (Å²) in [6, 6.07) is 11.5. The van der Waals surface area contributed by atoms with Gasteiger partial charge in [-0.2, -0.15) is 0 Å². The summed E-state index contributed by atoms with van der Waals surface area (Å²) in [6.07, 6.45) is 0.944. The van der Waals surface area contributed by atoms with E-state index in [9.17, 15) is 9.18 Å². The molecule has 2 aromatic carbocycles. The number of rotatable bonds is 5. The Kier molecular flexibility index (Phi) is 6.08. The lowest BCUT2D eigenvalue weighted by Crippen LogP contribution is -2.36. The summed E-state index contributed by atoms with van der Waals surface area (Å²) in [4.78, 5) is 21.2. The van der Waals surface area contributed by atoms with Gasteiger partial charge in [0.2, 0.25) is 11.8 Å². The highest BCUT2D eigenvalue weighted by Crippen LogP contribution is 2.19. The maximum atomic E-state index is 13.3. The first-order chi connectivity index (χ1) is 14.0. The molecule has 0 atom stereocenters. The number of oxazole rings is 1. The van der Waals surface area contributed by atoms with E-state index in [-0.39, 0.29) is 11.7 Å². The Morgan fingerprint density at radius 2 is 1.97 bits per heavy atom. The third kappa shape index (κ3) is 5.32. The van der Waals surface area contributed by atoms with Gasteiger partial charge in [0, 0.05) is 29.9 Å². The molecule has 0 saturated carbocycles. The smallest absolute Gasteiger partial charge is 0.238 e. The van der Waals surface area contributed by atoms with Crippen molar-refractivity contribution in [3.8, 4) is 0 Å². The first-order valence-electron chi connectivity index (χ1n) is 9.60. The minimum atomic E-state index is -0.332. The zero-order valence-electron chi connectivity index (χ0n) is 15.9. The highest BCUT2D eigenvalue weighted by Gasteiger charge is 2.19. The van der Waals surface area contributed by atoms with Crippen LogP contribution in [0.3, 0.4) is 0 Å². The molecule has 3 aromatic rings. The molecule has 0 bridgehead atoms. The van der Waals surface area contributed by atoms with Gasteiger partial charge < -0.3 is 9.73 Å². The molecule has 4 rings (SSSR count). The van der Waals surface area contributed by atoms with E-state index in [0.717, 1.165) is 32.6 Å². The molecule has 1 amide bonds. The zero-order valence-corrected chi connectivity index (χ0v) is 16.7. The van der Waals surface area contributed by atoms with Crippen LogP contribution in [-0.4, -0.2) is 53.4 Å². The van der Waals surface area contributed by atoms with Crippen molar-refractivity contribution in [2.45, 2.75) is 13.0 Å². The predicted octanol–water partition coefficient (Wildman–Crippen LogP) is 3.77. The Balaban J connectivity index is 1.30. The summed E-state index contributed by atoms with van der Waals surface area (Å²) in [7, 11) is 0. The largest absolute Gasteiger partial charge is 0.439 e. The molecular weight excluding hydrogens is 395 g/mol. The number of nitrogens with one attached hydrogen (secondary N) is 1. The number of nitrogens with zero attached hydrogens (tertiary/aromatic N) is 3. The van der Waals surface area contributed by atoms with Crippen LogP contribution in [0.25, 0.3) is 11.1 Å². The highest BCUT2D eigenvalue weighted by molar-refractivity contribution is 6.30. The number of halogens is 2. The number of carbonyl (C=O) groups excluding carboxylic acids is 1. The molecule has 1 saturated heterocycles. The Bertz CT molecular complexity index is 1010. The van der Waals surface area contributed by atoms with Crippen molar-refractivity contribution in [3.05, 3.63) is 59.2 Å². The topological polar surface area (TPSA) is 61.6 Å². The lowest BCUT2D eigenvalue weighted by molar-refractivity contribution is -0.117. The van der Waals surface area contributed by atoms with Gasteiger partial charge in [-0.3, -0.25) is 14.6 Å². The lowest BCUT2D eigenvalue weighted by atomic mass is 10.3. The second kappa shape index (κ2) is 8.90. The van der Waals surface area contributed by atoms with Gasteiger partial charge in [-0.15, -0.1) is 0 Å². The van der Waals surface area contributed by atoms with Crippen LogP contribution in [0.2, 0.25) is 5.02 Å². The van der Waals surface area contributed by atoms with E-state index in [1.165, 1.54) is 12.1 Å². The van der Waals surface area contributed by atoms with Crippen LogP contribution in [0.5, 0.6) is 0 Å². The van der Waals surface area contributed by atoms with Crippen molar-refractivity contribution in [1.29, 1.82) is 0 Å². The number of aromatic nitrogens is 1. The molecule has 0 spiro atoms. The summed E-state index contributed by atoms with van der Waals surface area (Å²) in [5.41, 5.74) is 1.83. The standard InChI is InChI=1S/C21H22ClFN4O2/c22-15-3-1-4-17(11-15)24-20(28)13-26-7-2-8-27(10-9-26)14-21-25-18-6-5-16(23)12-19(18)29-21/h1,3-6,11-12H,2,7-10,13-14H2,(H,24,28).